The second-order valence-electron chi connectivity index (χ2n) is 1.71. The molecule has 0 bridgehead atoms. The summed E-state index contributed by atoms with van der Waals surface area (Å²) in [4.78, 5) is 9.62. The fourth-order valence-corrected chi connectivity index (χ4v) is 0.203. The second-order valence-corrected chi connectivity index (χ2v) is 1.71. The lowest BCUT2D eigenvalue weighted by Gasteiger charge is -1.87. The van der Waals surface area contributed by atoms with Gasteiger partial charge in [0.2, 0.25) is 0 Å². The Bertz CT molecular complexity index is 136. The number of carbonyl (C=O) groups is 1. The van der Waals surface area contributed by atoms with Crippen molar-refractivity contribution in [1.29, 1.82) is 0 Å². The molecule has 0 spiro atoms. The molecule has 0 aliphatic rings. The quantitative estimate of drug-likeness (QED) is 0.391. The molecule has 0 aliphatic heterocycles. The molecule has 0 fully saturated rings. The van der Waals surface area contributed by atoms with Crippen LogP contribution >= 0.6 is 0 Å². The lowest BCUT2D eigenvalue weighted by molar-refractivity contribution is -0.295. The van der Waals surface area contributed by atoms with E-state index in [1.54, 1.807) is 0 Å². The van der Waals surface area contributed by atoms with Gasteiger partial charge in [-0.05, 0) is 5.92 Å². The van der Waals surface area contributed by atoms with Crippen LogP contribution in [0.3, 0.4) is 0 Å². The zero-order valence-electron chi connectivity index (χ0n) is 4.89. The Morgan fingerprint density at radius 1 is 1.62 bits per heavy atom. The van der Waals surface area contributed by atoms with Gasteiger partial charge >= 0.3 is 0 Å². The van der Waals surface area contributed by atoms with E-state index in [1.165, 1.54) is 0 Å². The first-order valence-electron chi connectivity index (χ1n) is 2.35. The molecule has 8 heavy (non-hydrogen) atoms. The topological polar surface area (TPSA) is 40.1 Å². The Morgan fingerprint density at radius 3 is 2.25 bits per heavy atom. The molecule has 44 valence electrons. The first kappa shape index (κ1) is 7.03. The van der Waals surface area contributed by atoms with Gasteiger partial charge in [-0.25, -0.2) is 0 Å². The summed E-state index contributed by atoms with van der Waals surface area (Å²) >= 11 is 0. The van der Waals surface area contributed by atoms with E-state index >= 15 is 0 Å². The number of carbonyl (C=O) groups excluding carboxylic acids is 1. The van der Waals surface area contributed by atoms with E-state index in [2.05, 4.69) is 5.92 Å². The molecule has 0 unspecified atom stereocenters. The van der Waals surface area contributed by atoms with Gasteiger partial charge in [0.1, 0.15) is 5.97 Å². The molecule has 0 aromatic heterocycles. The van der Waals surface area contributed by atoms with Gasteiger partial charge in [0.25, 0.3) is 0 Å². The lowest BCUT2D eigenvalue weighted by Crippen LogP contribution is -2.19. The predicted molar refractivity (Wildman–Crippen MR) is 27.6 cm³/mol. The summed E-state index contributed by atoms with van der Waals surface area (Å²) in [5.74, 6) is 3.13. The van der Waals surface area contributed by atoms with Crippen molar-refractivity contribution >= 4 is 5.97 Å². The van der Waals surface area contributed by atoms with Crippen LogP contribution < -0.4 is 5.11 Å². The van der Waals surface area contributed by atoms with Crippen LogP contribution in [0.15, 0.2) is 0 Å². The van der Waals surface area contributed by atoms with Gasteiger partial charge in [0, 0.05) is 5.92 Å². The highest BCUT2D eigenvalue weighted by Crippen LogP contribution is 1.83. The molecule has 0 aliphatic carbocycles. The number of hydrogen-bond donors (Lipinski definition) is 0. The van der Waals surface area contributed by atoms with Crippen LogP contribution in [-0.2, 0) is 4.79 Å². The summed E-state index contributed by atoms with van der Waals surface area (Å²) < 4.78 is 0. The van der Waals surface area contributed by atoms with Gasteiger partial charge < -0.3 is 9.90 Å². The van der Waals surface area contributed by atoms with Crippen molar-refractivity contribution in [2.75, 3.05) is 0 Å². The highest BCUT2D eigenvalue weighted by atomic mass is 16.4. The molecule has 0 atom stereocenters. The molecule has 0 rings (SSSR count). The van der Waals surface area contributed by atoms with Gasteiger partial charge in [-0.15, -0.1) is 0 Å². The third-order valence-corrected chi connectivity index (χ3v) is 0.463. The van der Waals surface area contributed by atoms with Crippen LogP contribution in [0.25, 0.3) is 0 Å². The van der Waals surface area contributed by atoms with E-state index in [0.29, 0.717) is 0 Å². The molecule has 0 amide bonds. The maximum Gasteiger partial charge on any atom is 0.116 e. The Hall–Kier alpha value is -0.970. The molecule has 0 radical (unpaired) electrons. The standard InChI is InChI=1S/C6H8O2/c1-5(2)3-4-6(7)8/h5H,1-2H3,(H,7,8)/p-1. The first-order valence-corrected chi connectivity index (χ1v) is 2.35. The largest absolute Gasteiger partial charge is 0.537 e. The molecule has 0 saturated heterocycles. The fraction of sp³-hybridized carbons (Fsp3) is 0.500. The molecule has 0 saturated carbocycles. The summed E-state index contributed by atoms with van der Waals surface area (Å²) in [5, 5.41) is 9.62. The highest BCUT2D eigenvalue weighted by molar-refractivity contribution is 5.84. The third kappa shape index (κ3) is 5.03. The van der Waals surface area contributed by atoms with Crippen molar-refractivity contribution in [3.63, 3.8) is 0 Å². The molecule has 0 N–H and O–H groups in total. The molecule has 0 aromatic carbocycles. The van der Waals surface area contributed by atoms with Gasteiger partial charge in [0.05, 0.1) is 0 Å². The van der Waals surface area contributed by atoms with Gasteiger partial charge in [-0.1, -0.05) is 19.8 Å². The summed E-state index contributed by atoms with van der Waals surface area (Å²) in [6.07, 6.45) is 0. The molecular weight excluding hydrogens is 104 g/mol. The van der Waals surface area contributed by atoms with Gasteiger partial charge in [0.15, 0.2) is 0 Å². The normalized spacial score (nSPS) is 7.88. The van der Waals surface area contributed by atoms with Crippen molar-refractivity contribution in [3.05, 3.63) is 0 Å². The molecule has 2 heteroatoms. The first-order chi connectivity index (χ1) is 3.63. The van der Waals surface area contributed by atoms with Crippen LogP contribution in [0.2, 0.25) is 0 Å². The summed E-state index contributed by atoms with van der Waals surface area (Å²) in [6.45, 7) is 3.63. The smallest absolute Gasteiger partial charge is 0.116 e. The van der Waals surface area contributed by atoms with Crippen molar-refractivity contribution in [2.45, 2.75) is 13.8 Å². The van der Waals surface area contributed by atoms with Crippen molar-refractivity contribution in [2.24, 2.45) is 5.92 Å². The molecule has 0 heterocycles. The van der Waals surface area contributed by atoms with Crippen LogP contribution in [0.4, 0.5) is 0 Å². The van der Waals surface area contributed by atoms with E-state index in [0.717, 1.165) is 0 Å². The van der Waals surface area contributed by atoms with Crippen LogP contribution in [0, 0.1) is 17.8 Å². The number of rotatable bonds is 0. The van der Waals surface area contributed by atoms with Crippen LogP contribution in [-0.4, -0.2) is 5.97 Å². The summed E-state index contributed by atoms with van der Waals surface area (Å²) in [7, 11) is 0. The molecule has 2 nitrogen and oxygen atoms in total. The lowest BCUT2D eigenvalue weighted by atomic mass is 10.2. The van der Waals surface area contributed by atoms with E-state index in [1.807, 2.05) is 19.8 Å². The Labute approximate surface area is 48.5 Å². The van der Waals surface area contributed by atoms with E-state index < -0.39 is 5.97 Å². The number of carboxylic acids is 1. The zero-order chi connectivity index (χ0) is 6.57. The Morgan fingerprint density at radius 2 is 2.12 bits per heavy atom. The number of aliphatic carboxylic acids is 1. The van der Waals surface area contributed by atoms with E-state index in [9.17, 15) is 9.90 Å². The third-order valence-electron chi connectivity index (χ3n) is 0.463. The molecular formula is C6H7O2-. The minimum atomic E-state index is -1.31. The molecule has 0 aromatic rings. The average Bonchev–Trinajstić information content (AvgIpc) is 1.61. The van der Waals surface area contributed by atoms with Crippen LogP contribution in [0.5, 0.6) is 0 Å². The summed E-state index contributed by atoms with van der Waals surface area (Å²) in [5.41, 5.74) is 0. The predicted octanol–water partition coefficient (Wildman–Crippen LogP) is -0.604. The minimum Gasteiger partial charge on any atom is -0.537 e. The fourth-order valence-electron chi connectivity index (χ4n) is 0.203. The van der Waals surface area contributed by atoms with Gasteiger partial charge in [-0.3, -0.25) is 0 Å². The van der Waals surface area contributed by atoms with Crippen molar-refractivity contribution in [3.8, 4) is 11.8 Å². The maximum absolute atomic E-state index is 9.62. The van der Waals surface area contributed by atoms with Gasteiger partial charge in [-0.2, -0.15) is 0 Å². The monoisotopic (exact) mass is 111 g/mol. The zero-order valence-corrected chi connectivity index (χ0v) is 4.89. The average molecular weight is 111 g/mol. The van der Waals surface area contributed by atoms with E-state index in [4.69, 9.17) is 0 Å². The summed E-state index contributed by atoms with van der Waals surface area (Å²) in [6, 6.07) is 0. The number of hydrogen-bond acceptors (Lipinski definition) is 2. The minimum absolute atomic E-state index is 0.105. The Balaban J connectivity index is 3.68. The van der Waals surface area contributed by atoms with Crippen molar-refractivity contribution in [1.82, 2.24) is 0 Å². The Kier molecular flexibility index (Phi) is 2.71. The SMILES string of the molecule is CC(C)C#CC(=O)[O-]. The number of carboxylic acid groups (broad SMARTS) is 1. The van der Waals surface area contributed by atoms with Crippen molar-refractivity contribution < 1.29 is 9.90 Å². The maximum atomic E-state index is 9.62. The second kappa shape index (κ2) is 3.09. The highest BCUT2D eigenvalue weighted by Gasteiger charge is 1.78. The van der Waals surface area contributed by atoms with Crippen LogP contribution in [0.1, 0.15) is 13.8 Å². The van der Waals surface area contributed by atoms with E-state index in [-0.39, 0.29) is 5.92 Å².